The van der Waals surface area contributed by atoms with E-state index < -0.39 is 0 Å². The monoisotopic (exact) mass is 319 g/mol. The van der Waals surface area contributed by atoms with Crippen LogP contribution in [0.1, 0.15) is 12.0 Å². The molecule has 0 aromatic heterocycles. The number of rotatable bonds is 5. The molecule has 23 heavy (non-hydrogen) atoms. The molecule has 0 bridgehead atoms. The number of benzene rings is 1. The van der Waals surface area contributed by atoms with Gasteiger partial charge in [-0.05, 0) is 50.0 Å². The number of hydrogen-bond donors (Lipinski definition) is 1. The zero-order chi connectivity index (χ0) is 16.2. The Balaban J connectivity index is 1.40. The molecule has 3 rings (SSSR count). The fourth-order valence-electron chi connectivity index (χ4n) is 3.19. The molecule has 1 aromatic carbocycles. The van der Waals surface area contributed by atoms with Crippen LogP contribution in [0, 0.1) is 5.92 Å². The number of likely N-dealkylation sites (tertiary alicyclic amines) is 1. The van der Waals surface area contributed by atoms with Crippen LogP contribution in [0.3, 0.4) is 0 Å². The van der Waals surface area contributed by atoms with Gasteiger partial charge in [0.15, 0.2) is 11.5 Å². The molecule has 1 aromatic rings. The second kappa shape index (κ2) is 7.08. The molecule has 0 aliphatic carbocycles. The Labute approximate surface area is 137 Å². The Morgan fingerprint density at radius 2 is 2.22 bits per heavy atom. The van der Waals surface area contributed by atoms with Gasteiger partial charge in [-0.1, -0.05) is 6.07 Å². The van der Waals surface area contributed by atoms with Crippen LogP contribution in [-0.2, 0) is 6.42 Å². The zero-order valence-electron chi connectivity index (χ0n) is 13.9. The van der Waals surface area contributed by atoms with Crippen molar-refractivity contribution in [3.05, 3.63) is 23.8 Å². The van der Waals surface area contributed by atoms with Crippen molar-refractivity contribution < 1.29 is 14.3 Å². The molecule has 2 aliphatic rings. The molecule has 6 heteroatoms. The molecule has 126 valence electrons. The van der Waals surface area contributed by atoms with E-state index in [-0.39, 0.29) is 12.8 Å². The average Bonchev–Trinajstić information content (AvgIpc) is 3.15. The Morgan fingerprint density at radius 3 is 3.00 bits per heavy atom. The van der Waals surface area contributed by atoms with Crippen molar-refractivity contribution in [1.82, 2.24) is 15.1 Å². The summed E-state index contributed by atoms with van der Waals surface area (Å²) < 4.78 is 10.7. The predicted molar refractivity (Wildman–Crippen MR) is 87.9 cm³/mol. The number of fused-ring (bicyclic) bond motifs is 1. The normalized spacial score (nSPS) is 19.8. The summed E-state index contributed by atoms with van der Waals surface area (Å²) in [4.78, 5) is 16.3. The fraction of sp³-hybridized carbons (Fsp3) is 0.588. The molecule has 1 saturated heterocycles. The third kappa shape index (κ3) is 4.07. The van der Waals surface area contributed by atoms with Crippen LogP contribution in [0.5, 0.6) is 11.5 Å². The van der Waals surface area contributed by atoms with Gasteiger partial charge in [-0.25, -0.2) is 4.79 Å². The van der Waals surface area contributed by atoms with E-state index in [4.69, 9.17) is 9.47 Å². The SMILES string of the molecule is CN1CC[C@H](CN(C)C(=O)NCCc2ccc3c(c2)OCO3)C1. The van der Waals surface area contributed by atoms with E-state index in [0.29, 0.717) is 12.5 Å². The van der Waals surface area contributed by atoms with Gasteiger partial charge in [-0.15, -0.1) is 0 Å². The highest BCUT2D eigenvalue weighted by atomic mass is 16.7. The summed E-state index contributed by atoms with van der Waals surface area (Å²) in [6.07, 6.45) is 1.95. The first-order valence-electron chi connectivity index (χ1n) is 8.18. The summed E-state index contributed by atoms with van der Waals surface area (Å²) in [5.74, 6) is 2.17. The van der Waals surface area contributed by atoms with Gasteiger partial charge in [-0.2, -0.15) is 0 Å². The van der Waals surface area contributed by atoms with Gasteiger partial charge in [0.05, 0.1) is 0 Å². The van der Waals surface area contributed by atoms with Gasteiger partial charge in [0.1, 0.15) is 0 Å². The van der Waals surface area contributed by atoms with E-state index >= 15 is 0 Å². The summed E-state index contributed by atoms with van der Waals surface area (Å²) in [5, 5.41) is 2.99. The van der Waals surface area contributed by atoms with E-state index in [1.807, 2.05) is 25.2 Å². The number of carbonyl (C=O) groups is 1. The molecular weight excluding hydrogens is 294 g/mol. The van der Waals surface area contributed by atoms with Crippen molar-refractivity contribution in [3.8, 4) is 11.5 Å². The highest BCUT2D eigenvalue weighted by Gasteiger charge is 2.22. The molecule has 0 spiro atoms. The highest BCUT2D eigenvalue weighted by molar-refractivity contribution is 5.73. The Morgan fingerprint density at radius 1 is 1.39 bits per heavy atom. The van der Waals surface area contributed by atoms with Crippen LogP contribution in [0.15, 0.2) is 18.2 Å². The number of carbonyl (C=O) groups excluding carboxylic acids is 1. The maximum atomic E-state index is 12.1. The van der Waals surface area contributed by atoms with Crippen molar-refractivity contribution in [2.24, 2.45) is 5.92 Å². The predicted octanol–water partition coefficient (Wildman–Crippen LogP) is 1.55. The van der Waals surface area contributed by atoms with Gasteiger partial charge in [-0.3, -0.25) is 0 Å². The lowest BCUT2D eigenvalue weighted by Crippen LogP contribution is -2.41. The molecule has 2 amide bonds. The van der Waals surface area contributed by atoms with Crippen LogP contribution in [0.4, 0.5) is 4.79 Å². The first-order valence-corrected chi connectivity index (χ1v) is 8.18. The van der Waals surface area contributed by atoms with Gasteiger partial charge in [0.25, 0.3) is 0 Å². The topological polar surface area (TPSA) is 54.0 Å². The standard InChI is InChI=1S/C17H25N3O3/c1-19-8-6-14(10-19)11-20(2)17(21)18-7-5-13-3-4-15-16(9-13)23-12-22-15/h3-4,9,14H,5-8,10-12H2,1-2H3,(H,18,21)/t14-/m0/s1. The molecule has 0 radical (unpaired) electrons. The highest BCUT2D eigenvalue weighted by Crippen LogP contribution is 2.32. The number of urea groups is 1. The summed E-state index contributed by atoms with van der Waals surface area (Å²) in [6, 6.07) is 5.91. The minimum absolute atomic E-state index is 0.000274. The van der Waals surface area contributed by atoms with E-state index in [2.05, 4.69) is 17.3 Å². The molecule has 6 nitrogen and oxygen atoms in total. The van der Waals surface area contributed by atoms with Crippen molar-refractivity contribution in [3.63, 3.8) is 0 Å². The largest absolute Gasteiger partial charge is 0.454 e. The van der Waals surface area contributed by atoms with Crippen molar-refractivity contribution in [1.29, 1.82) is 0 Å². The first-order chi connectivity index (χ1) is 11.1. The third-order valence-electron chi connectivity index (χ3n) is 4.49. The Bertz CT molecular complexity index is 564. The van der Waals surface area contributed by atoms with Crippen LogP contribution in [0.2, 0.25) is 0 Å². The molecule has 2 heterocycles. The fourth-order valence-corrected chi connectivity index (χ4v) is 3.19. The minimum atomic E-state index is 0.000274. The van der Waals surface area contributed by atoms with Gasteiger partial charge in [0, 0.05) is 26.7 Å². The Hall–Kier alpha value is -1.95. The zero-order valence-corrected chi connectivity index (χ0v) is 13.9. The number of nitrogens with zero attached hydrogens (tertiary/aromatic N) is 2. The van der Waals surface area contributed by atoms with Crippen molar-refractivity contribution in [2.75, 3.05) is 47.1 Å². The van der Waals surface area contributed by atoms with E-state index in [9.17, 15) is 4.79 Å². The number of hydrogen-bond acceptors (Lipinski definition) is 4. The van der Waals surface area contributed by atoms with Crippen LogP contribution < -0.4 is 14.8 Å². The lowest BCUT2D eigenvalue weighted by Gasteiger charge is -2.21. The Kier molecular flexibility index (Phi) is 4.91. The average molecular weight is 319 g/mol. The first kappa shape index (κ1) is 15.9. The molecule has 1 N–H and O–H groups in total. The van der Waals surface area contributed by atoms with Gasteiger partial charge in [0.2, 0.25) is 6.79 Å². The van der Waals surface area contributed by atoms with E-state index in [0.717, 1.165) is 43.1 Å². The van der Waals surface area contributed by atoms with E-state index in [1.54, 1.807) is 4.90 Å². The summed E-state index contributed by atoms with van der Waals surface area (Å²) in [6.45, 7) is 3.93. The lowest BCUT2D eigenvalue weighted by molar-refractivity contribution is 0.174. The van der Waals surface area contributed by atoms with Gasteiger partial charge >= 0.3 is 6.03 Å². The molecule has 0 unspecified atom stereocenters. The number of ether oxygens (including phenoxy) is 2. The molecule has 2 aliphatic heterocycles. The van der Waals surface area contributed by atoms with Crippen molar-refractivity contribution in [2.45, 2.75) is 12.8 Å². The maximum Gasteiger partial charge on any atom is 0.317 e. The van der Waals surface area contributed by atoms with Crippen molar-refractivity contribution >= 4 is 6.03 Å². The number of nitrogens with one attached hydrogen (secondary N) is 1. The molecule has 1 fully saturated rings. The lowest BCUT2D eigenvalue weighted by atomic mass is 10.1. The minimum Gasteiger partial charge on any atom is -0.454 e. The second-order valence-electron chi connectivity index (χ2n) is 6.47. The molecule has 1 atom stereocenters. The smallest absolute Gasteiger partial charge is 0.317 e. The number of amides is 2. The second-order valence-corrected chi connectivity index (χ2v) is 6.47. The third-order valence-corrected chi connectivity index (χ3v) is 4.49. The van der Waals surface area contributed by atoms with Crippen LogP contribution in [0.25, 0.3) is 0 Å². The summed E-state index contributed by atoms with van der Waals surface area (Å²) in [5.41, 5.74) is 1.13. The summed E-state index contributed by atoms with van der Waals surface area (Å²) >= 11 is 0. The summed E-state index contributed by atoms with van der Waals surface area (Å²) in [7, 11) is 4.00. The quantitative estimate of drug-likeness (QED) is 0.895. The molecular formula is C17H25N3O3. The van der Waals surface area contributed by atoms with Crippen LogP contribution >= 0.6 is 0 Å². The van der Waals surface area contributed by atoms with E-state index in [1.165, 1.54) is 6.42 Å². The molecule has 0 saturated carbocycles. The van der Waals surface area contributed by atoms with Gasteiger partial charge < -0.3 is 24.6 Å². The van der Waals surface area contributed by atoms with Crippen LogP contribution in [-0.4, -0.2) is 62.9 Å². The maximum absolute atomic E-state index is 12.1.